The standard InChI is InChI=1S/C18H26N2O.ClH/c19-16-8-7-15(11-16)17(21)20-13-18(9-4-10-18)12-14-5-2-1-3-6-14;/h1-3,5-6,15-16H,4,7-13,19H2,(H,20,21);1H. The average Bonchev–Trinajstić information content (AvgIpc) is 2.89. The third kappa shape index (κ3) is 4.02. The second kappa shape index (κ2) is 7.47. The number of rotatable bonds is 5. The fraction of sp³-hybridized carbons (Fsp3) is 0.611. The zero-order valence-electron chi connectivity index (χ0n) is 13.1. The Hall–Kier alpha value is -1.06. The van der Waals surface area contributed by atoms with Crippen LogP contribution in [0.5, 0.6) is 0 Å². The largest absolute Gasteiger partial charge is 0.355 e. The van der Waals surface area contributed by atoms with Crippen molar-refractivity contribution >= 4 is 18.3 Å². The van der Waals surface area contributed by atoms with Gasteiger partial charge in [0, 0.05) is 18.5 Å². The predicted molar refractivity (Wildman–Crippen MR) is 92.0 cm³/mol. The summed E-state index contributed by atoms with van der Waals surface area (Å²) < 4.78 is 0. The van der Waals surface area contributed by atoms with E-state index in [1.807, 2.05) is 0 Å². The maximum absolute atomic E-state index is 12.3. The molecule has 3 nitrogen and oxygen atoms in total. The van der Waals surface area contributed by atoms with Crippen molar-refractivity contribution in [1.29, 1.82) is 0 Å². The van der Waals surface area contributed by atoms with Gasteiger partial charge in [0.05, 0.1) is 0 Å². The summed E-state index contributed by atoms with van der Waals surface area (Å²) in [7, 11) is 0. The summed E-state index contributed by atoms with van der Waals surface area (Å²) in [5.41, 5.74) is 7.58. The number of benzene rings is 1. The van der Waals surface area contributed by atoms with Crippen LogP contribution in [-0.4, -0.2) is 18.5 Å². The summed E-state index contributed by atoms with van der Waals surface area (Å²) in [4.78, 5) is 12.3. The monoisotopic (exact) mass is 322 g/mol. The van der Waals surface area contributed by atoms with E-state index in [-0.39, 0.29) is 35.7 Å². The molecular formula is C18H27ClN2O. The van der Waals surface area contributed by atoms with E-state index in [1.165, 1.54) is 24.8 Å². The Morgan fingerprint density at radius 1 is 1.23 bits per heavy atom. The third-order valence-corrected chi connectivity index (χ3v) is 5.32. The first kappa shape index (κ1) is 17.3. The lowest BCUT2D eigenvalue weighted by molar-refractivity contribution is -0.125. The van der Waals surface area contributed by atoms with Crippen molar-refractivity contribution in [3.8, 4) is 0 Å². The fourth-order valence-corrected chi connectivity index (χ4v) is 3.80. The molecule has 1 amide bonds. The molecule has 22 heavy (non-hydrogen) atoms. The molecule has 0 bridgehead atoms. The minimum absolute atomic E-state index is 0. The van der Waals surface area contributed by atoms with E-state index >= 15 is 0 Å². The molecule has 4 heteroatoms. The van der Waals surface area contributed by atoms with Crippen LogP contribution in [0, 0.1) is 11.3 Å². The second-order valence-corrected chi connectivity index (χ2v) is 7.00. The number of hydrogen-bond donors (Lipinski definition) is 2. The van der Waals surface area contributed by atoms with Gasteiger partial charge in [0.1, 0.15) is 0 Å². The highest BCUT2D eigenvalue weighted by Gasteiger charge is 2.38. The SMILES string of the molecule is Cl.NC1CCC(C(=O)NCC2(Cc3ccccc3)CCC2)C1. The van der Waals surface area contributed by atoms with Gasteiger partial charge in [-0.15, -0.1) is 12.4 Å². The molecule has 0 saturated heterocycles. The van der Waals surface area contributed by atoms with Crippen molar-refractivity contribution in [3.63, 3.8) is 0 Å². The lowest BCUT2D eigenvalue weighted by atomic mass is 9.65. The molecule has 1 aromatic carbocycles. The van der Waals surface area contributed by atoms with E-state index in [1.54, 1.807) is 0 Å². The van der Waals surface area contributed by atoms with Crippen molar-refractivity contribution in [2.75, 3.05) is 6.54 Å². The van der Waals surface area contributed by atoms with Gasteiger partial charge in [0.15, 0.2) is 0 Å². The van der Waals surface area contributed by atoms with Crippen molar-refractivity contribution in [3.05, 3.63) is 35.9 Å². The number of carbonyl (C=O) groups is 1. The number of nitrogens with one attached hydrogen (secondary N) is 1. The smallest absolute Gasteiger partial charge is 0.223 e. The van der Waals surface area contributed by atoms with Gasteiger partial charge < -0.3 is 11.1 Å². The van der Waals surface area contributed by atoms with Crippen LogP contribution < -0.4 is 11.1 Å². The predicted octanol–water partition coefficient (Wildman–Crippen LogP) is 3.06. The second-order valence-electron chi connectivity index (χ2n) is 7.00. The Kier molecular flexibility index (Phi) is 5.87. The van der Waals surface area contributed by atoms with Crippen molar-refractivity contribution in [1.82, 2.24) is 5.32 Å². The lowest BCUT2D eigenvalue weighted by Crippen LogP contribution is -2.45. The van der Waals surface area contributed by atoms with Crippen LogP contribution >= 0.6 is 12.4 Å². The topological polar surface area (TPSA) is 55.1 Å². The van der Waals surface area contributed by atoms with Crippen molar-refractivity contribution in [2.45, 2.75) is 51.0 Å². The molecule has 3 rings (SSSR count). The summed E-state index contributed by atoms with van der Waals surface area (Å²) >= 11 is 0. The van der Waals surface area contributed by atoms with Gasteiger partial charge in [0.2, 0.25) is 5.91 Å². The van der Waals surface area contributed by atoms with Crippen LogP contribution in [0.2, 0.25) is 0 Å². The first-order chi connectivity index (χ1) is 10.2. The van der Waals surface area contributed by atoms with Gasteiger partial charge in [-0.1, -0.05) is 36.8 Å². The number of nitrogens with two attached hydrogens (primary N) is 1. The van der Waals surface area contributed by atoms with Gasteiger partial charge >= 0.3 is 0 Å². The maximum Gasteiger partial charge on any atom is 0.223 e. The normalized spacial score (nSPS) is 25.9. The quantitative estimate of drug-likeness (QED) is 0.875. The van der Waals surface area contributed by atoms with E-state index in [2.05, 4.69) is 35.6 Å². The Morgan fingerprint density at radius 3 is 2.50 bits per heavy atom. The third-order valence-electron chi connectivity index (χ3n) is 5.32. The first-order valence-corrected chi connectivity index (χ1v) is 8.24. The van der Waals surface area contributed by atoms with Crippen molar-refractivity contribution < 1.29 is 4.79 Å². The molecule has 0 radical (unpaired) electrons. The average molecular weight is 323 g/mol. The Labute approximate surface area is 139 Å². The van der Waals surface area contributed by atoms with Gasteiger partial charge in [-0.05, 0) is 49.5 Å². The van der Waals surface area contributed by atoms with Crippen molar-refractivity contribution in [2.24, 2.45) is 17.1 Å². The van der Waals surface area contributed by atoms with Crippen LogP contribution in [0.3, 0.4) is 0 Å². The van der Waals surface area contributed by atoms with E-state index < -0.39 is 0 Å². The molecule has 2 atom stereocenters. The van der Waals surface area contributed by atoms with E-state index in [4.69, 9.17) is 5.73 Å². The van der Waals surface area contributed by atoms with Gasteiger partial charge in [-0.3, -0.25) is 4.79 Å². The van der Waals surface area contributed by atoms with Crippen LogP contribution in [0.4, 0.5) is 0 Å². The summed E-state index contributed by atoms with van der Waals surface area (Å²) in [6.07, 6.45) is 7.64. The number of carbonyl (C=O) groups excluding carboxylic acids is 1. The minimum atomic E-state index is 0. The summed E-state index contributed by atoms with van der Waals surface area (Å²) in [5, 5.41) is 3.21. The van der Waals surface area contributed by atoms with Gasteiger partial charge in [-0.25, -0.2) is 0 Å². The highest BCUT2D eigenvalue weighted by Crippen LogP contribution is 2.43. The number of amides is 1. The molecule has 122 valence electrons. The van der Waals surface area contributed by atoms with E-state index in [9.17, 15) is 4.79 Å². The highest BCUT2D eigenvalue weighted by atomic mass is 35.5. The molecule has 2 aliphatic rings. The fourth-order valence-electron chi connectivity index (χ4n) is 3.80. The molecule has 2 fully saturated rings. The Morgan fingerprint density at radius 2 is 1.95 bits per heavy atom. The summed E-state index contributed by atoms with van der Waals surface area (Å²) in [5.74, 6) is 0.371. The molecule has 0 spiro atoms. The number of hydrogen-bond acceptors (Lipinski definition) is 2. The highest BCUT2D eigenvalue weighted by molar-refractivity contribution is 5.85. The van der Waals surface area contributed by atoms with Crippen LogP contribution in [-0.2, 0) is 11.2 Å². The maximum atomic E-state index is 12.3. The molecular weight excluding hydrogens is 296 g/mol. The zero-order chi connectivity index (χ0) is 14.7. The molecule has 2 unspecified atom stereocenters. The Bertz CT molecular complexity index is 487. The molecule has 2 saturated carbocycles. The Balaban J connectivity index is 0.00000176. The first-order valence-electron chi connectivity index (χ1n) is 8.24. The van der Waals surface area contributed by atoms with E-state index in [0.717, 1.165) is 32.2 Å². The van der Waals surface area contributed by atoms with E-state index in [0.29, 0.717) is 0 Å². The summed E-state index contributed by atoms with van der Waals surface area (Å²) in [6, 6.07) is 10.9. The minimum Gasteiger partial charge on any atom is -0.355 e. The number of halogens is 1. The van der Waals surface area contributed by atoms with Gasteiger partial charge in [-0.2, -0.15) is 0 Å². The molecule has 3 N–H and O–H groups in total. The summed E-state index contributed by atoms with van der Waals surface area (Å²) in [6.45, 7) is 0.826. The molecule has 0 aliphatic heterocycles. The van der Waals surface area contributed by atoms with Crippen LogP contribution in [0.25, 0.3) is 0 Å². The molecule has 1 aromatic rings. The zero-order valence-corrected chi connectivity index (χ0v) is 13.9. The van der Waals surface area contributed by atoms with Crippen LogP contribution in [0.1, 0.15) is 44.1 Å². The molecule has 0 heterocycles. The molecule has 0 aromatic heterocycles. The molecule has 2 aliphatic carbocycles. The lowest BCUT2D eigenvalue weighted by Gasteiger charge is -2.42. The van der Waals surface area contributed by atoms with Gasteiger partial charge in [0.25, 0.3) is 0 Å². The van der Waals surface area contributed by atoms with Crippen LogP contribution in [0.15, 0.2) is 30.3 Å².